The van der Waals surface area contributed by atoms with Crippen LogP contribution in [0.3, 0.4) is 0 Å². The Morgan fingerprint density at radius 3 is 2.20 bits per heavy atom. The fraction of sp³-hybridized carbons (Fsp3) is 0.679. The Labute approximate surface area is 212 Å². The number of alkyl carbamates (subject to hydrolysis) is 1. The Bertz CT molecular complexity index is 847. The molecule has 1 aromatic rings. The molecular weight excluding hydrogens is 442 g/mol. The molecule has 1 aromatic carbocycles. The standard InChI is InChI=1S/C28H47N3O4/c1-10-13-16-29-25(32)24(22-15-14-20(5)21(6)18-22)31(17-11-2)26(33)23(19(4)12-3)30-27(34)35-28(7,8)9/h14-15,18-19,23-24H,10-13,16-17H2,1-9H3,(H,29,32)(H,30,34). The van der Waals surface area contributed by atoms with E-state index in [2.05, 4.69) is 17.6 Å². The average Bonchev–Trinajstić information content (AvgIpc) is 2.77. The van der Waals surface area contributed by atoms with Gasteiger partial charge in [-0.2, -0.15) is 0 Å². The molecule has 7 heteroatoms. The molecule has 3 unspecified atom stereocenters. The fourth-order valence-corrected chi connectivity index (χ4v) is 3.80. The molecule has 0 saturated carbocycles. The fourth-order valence-electron chi connectivity index (χ4n) is 3.80. The van der Waals surface area contributed by atoms with Crippen LogP contribution in [0, 0.1) is 19.8 Å². The number of aryl methyl sites for hydroxylation is 2. The minimum absolute atomic E-state index is 0.141. The third kappa shape index (κ3) is 9.54. The topological polar surface area (TPSA) is 87.7 Å². The van der Waals surface area contributed by atoms with Crippen LogP contribution in [0.15, 0.2) is 18.2 Å². The van der Waals surface area contributed by atoms with Crippen LogP contribution in [0.4, 0.5) is 4.79 Å². The molecule has 0 saturated heterocycles. The monoisotopic (exact) mass is 489 g/mol. The molecule has 198 valence electrons. The molecule has 0 bridgehead atoms. The van der Waals surface area contributed by atoms with Crippen LogP contribution in [0.2, 0.25) is 0 Å². The summed E-state index contributed by atoms with van der Waals surface area (Å²) in [7, 11) is 0. The van der Waals surface area contributed by atoms with Gasteiger partial charge in [0, 0.05) is 13.1 Å². The number of rotatable bonds is 12. The van der Waals surface area contributed by atoms with Crippen molar-refractivity contribution in [2.45, 2.75) is 106 Å². The number of ether oxygens (including phenoxy) is 1. The quantitative estimate of drug-likeness (QED) is 0.383. The van der Waals surface area contributed by atoms with Gasteiger partial charge < -0.3 is 20.3 Å². The van der Waals surface area contributed by atoms with Gasteiger partial charge in [-0.1, -0.05) is 58.7 Å². The molecule has 1 rings (SSSR count). The third-order valence-corrected chi connectivity index (χ3v) is 6.14. The van der Waals surface area contributed by atoms with E-state index in [9.17, 15) is 14.4 Å². The van der Waals surface area contributed by atoms with Crippen molar-refractivity contribution in [2.75, 3.05) is 13.1 Å². The molecule has 0 heterocycles. The van der Waals surface area contributed by atoms with Crippen molar-refractivity contribution in [2.24, 2.45) is 5.92 Å². The smallest absolute Gasteiger partial charge is 0.408 e. The summed E-state index contributed by atoms with van der Waals surface area (Å²) in [6.45, 7) is 18.3. The lowest BCUT2D eigenvalue weighted by Crippen LogP contribution is -2.55. The zero-order valence-electron chi connectivity index (χ0n) is 23.3. The highest BCUT2D eigenvalue weighted by Gasteiger charge is 2.37. The van der Waals surface area contributed by atoms with Gasteiger partial charge in [-0.25, -0.2) is 4.79 Å². The van der Waals surface area contributed by atoms with Crippen LogP contribution in [0.25, 0.3) is 0 Å². The minimum Gasteiger partial charge on any atom is -0.444 e. The van der Waals surface area contributed by atoms with E-state index in [0.29, 0.717) is 25.9 Å². The zero-order valence-corrected chi connectivity index (χ0v) is 23.3. The highest BCUT2D eigenvalue weighted by atomic mass is 16.6. The zero-order chi connectivity index (χ0) is 26.8. The minimum atomic E-state index is -0.807. The largest absolute Gasteiger partial charge is 0.444 e. The molecule has 0 aliphatic carbocycles. The molecule has 3 amide bonds. The van der Waals surface area contributed by atoms with Gasteiger partial charge in [0.1, 0.15) is 17.7 Å². The predicted octanol–water partition coefficient (Wildman–Crippen LogP) is 5.44. The number of benzene rings is 1. The van der Waals surface area contributed by atoms with Crippen molar-refractivity contribution >= 4 is 17.9 Å². The molecule has 0 aliphatic rings. The molecule has 0 aliphatic heterocycles. The van der Waals surface area contributed by atoms with Crippen LogP contribution >= 0.6 is 0 Å². The van der Waals surface area contributed by atoms with Gasteiger partial charge >= 0.3 is 6.09 Å². The number of hydrogen-bond acceptors (Lipinski definition) is 4. The van der Waals surface area contributed by atoms with Gasteiger partial charge in [0.25, 0.3) is 0 Å². The maximum Gasteiger partial charge on any atom is 0.408 e. The molecule has 2 N–H and O–H groups in total. The first-order chi connectivity index (χ1) is 16.4. The summed E-state index contributed by atoms with van der Waals surface area (Å²) in [5, 5.41) is 5.82. The van der Waals surface area contributed by atoms with Crippen LogP contribution in [0.5, 0.6) is 0 Å². The Morgan fingerprint density at radius 1 is 1.03 bits per heavy atom. The lowest BCUT2D eigenvalue weighted by Gasteiger charge is -2.36. The van der Waals surface area contributed by atoms with Crippen molar-refractivity contribution in [3.63, 3.8) is 0 Å². The summed E-state index contributed by atoms with van der Waals surface area (Å²) in [5.74, 6) is -0.623. The maximum absolute atomic E-state index is 14.0. The van der Waals surface area contributed by atoms with Gasteiger partial charge in [0.15, 0.2) is 0 Å². The Kier molecular flexibility index (Phi) is 12.3. The predicted molar refractivity (Wildman–Crippen MR) is 141 cm³/mol. The van der Waals surface area contributed by atoms with E-state index in [-0.39, 0.29) is 17.7 Å². The number of hydrogen-bond donors (Lipinski definition) is 2. The van der Waals surface area contributed by atoms with E-state index in [4.69, 9.17) is 4.74 Å². The Morgan fingerprint density at radius 2 is 1.69 bits per heavy atom. The van der Waals surface area contributed by atoms with Crippen LogP contribution < -0.4 is 10.6 Å². The van der Waals surface area contributed by atoms with E-state index < -0.39 is 23.8 Å². The van der Waals surface area contributed by atoms with Crippen molar-refractivity contribution in [3.05, 3.63) is 34.9 Å². The molecule has 0 aromatic heterocycles. The van der Waals surface area contributed by atoms with Gasteiger partial charge in [0.05, 0.1) is 0 Å². The number of unbranched alkanes of at least 4 members (excludes halogenated alkanes) is 1. The number of nitrogens with one attached hydrogen (secondary N) is 2. The third-order valence-electron chi connectivity index (χ3n) is 6.14. The van der Waals surface area contributed by atoms with Crippen molar-refractivity contribution in [1.29, 1.82) is 0 Å². The average molecular weight is 490 g/mol. The molecule has 0 fully saturated rings. The highest BCUT2D eigenvalue weighted by Crippen LogP contribution is 2.26. The van der Waals surface area contributed by atoms with E-state index in [1.165, 1.54) is 0 Å². The first-order valence-electron chi connectivity index (χ1n) is 13.0. The summed E-state index contributed by atoms with van der Waals surface area (Å²) in [4.78, 5) is 41.7. The molecule has 35 heavy (non-hydrogen) atoms. The van der Waals surface area contributed by atoms with E-state index in [0.717, 1.165) is 29.5 Å². The second-order valence-corrected chi connectivity index (χ2v) is 10.4. The summed E-state index contributed by atoms with van der Waals surface area (Å²) in [6.07, 6.45) is 2.55. The Balaban J connectivity index is 3.45. The van der Waals surface area contributed by atoms with Crippen molar-refractivity contribution in [3.8, 4) is 0 Å². The molecular formula is C28H47N3O4. The number of amides is 3. The normalized spacial score (nSPS) is 14.0. The summed E-state index contributed by atoms with van der Waals surface area (Å²) in [5.41, 5.74) is 2.26. The second-order valence-electron chi connectivity index (χ2n) is 10.4. The first kappa shape index (κ1) is 30.5. The first-order valence-corrected chi connectivity index (χ1v) is 13.0. The van der Waals surface area contributed by atoms with Gasteiger partial charge in [-0.05, 0) is 70.1 Å². The van der Waals surface area contributed by atoms with Gasteiger partial charge in [-0.15, -0.1) is 0 Å². The molecule has 0 spiro atoms. The van der Waals surface area contributed by atoms with Crippen molar-refractivity contribution in [1.82, 2.24) is 15.5 Å². The van der Waals surface area contributed by atoms with Crippen LogP contribution in [-0.4, -0.2) is 47.5 Å². The second kappa shape index (κ2) is 14.1. The molecule has 7 nitrogen and oxygen atoms in total. The van der Waals surface area contributed by atoms with E-state index in [1.807, 2.05) is 52.8 Å². The van der Waals surface area contributed by atoms with Crippen LogP contribution in [-0.2, 0) is 14.3 Å². The lowest BCUT2D eigenvalue weighted by molar-refractivity contribution is -0.143. The summed E-state index contributed by atoms with van der Waals surface area (Å²) < 4.78 is 5.44. The van der Waals surface area contributed by atoms with E-state index in [1.54, 1.807) is 25.7 Å². The van der Waals surface area contributed by atoms with Gasteiger partial charge in [0.2, 0.25) is 11.8 Å². The number of carbonyl (C=O) groups excluding carboxylic acids is 3. The maximum atomic E-state index is 14.0. The van der Waals surface area contributed by atoms with Crippen molar-refractivity contribution < 1.29 is 19.1 Å². The number of carbonyl (C=O) groups is 3. The van der Waals surface area contributed by atoms with Gasteiger partial charge in [-0.3, -0.25) is 9.59 Å². The summed E-state index contributed by atoms with van der Waals surface area (Å²) >= 11 is 0. The highest BCUT2D eigenvalue weighted by molar-refractivity contribution is 5.92. The van der Waals surface area contributed by atoms with E-state index >= 15 is 0 Å². The molecule has 3 atom stereocenters. The number of nitrogens with zero attached hydrogens (tertiary/aromatic N) is 1. The van der Waals surface area contributed by atoms with Crippen LogP contribution in [0.1, 0.15) is 96.9 Å². The molecule has 0 radical (unpaired) electrons. The SMILES string of the molecule is CCCCNC(=O)C(c1ccc(C)c(C)c1)N(CCC)C(=O)C(NC(=O)OC(C)(C)C)C(C)CC. The summed E-state index contributed by atoms with van der Waals surface area (Å²) in [6, 6.07) is 4.29. The Hall–Kier alpha value is -2.57. The lowest BCUT2D eigenvalue weighted by atomic mass is 9.94.